The SMILES string of the molecule is C[C@@H]1CCCC[C@H]1OCCNC(=O)N(C)C[C@H]1CCOC1. The van der Waals surface area contributed by atoms with Crippen LogP contribution in [0.2, 0.25) is 0 Å². The molecule has 2 amide bonds. The maximum Gasteiger partial charge on any atom is 0.317 e. The molecule has 1 saturated carbocycles. The fraction of sp³-hybridized carbons (Fsp3) is 0.938. The number of carbonyl (C=O) groups is 1. The zero-order chi connectivity index (χ0) is 15.1. The first-order valence-electron chi connectivity index (χ1n) is 8.35. The fourth-order valence-corrected chi connectivity index (χ4v) is 3.23. The van der Waals surface area contributed by atoms with Crippen LogP contribution in [-0.2, 0) is 9.47 Å². The molecule has 5 nitrogen and oxygen atoms in total. The summed E-state index contributed by atoms with van der Waals surface area (Å²) in [6.45, 7) is 5.84. The van der Waals surface area contributed by atoms with Crippen LogP contribution >= 0.6 is 0 Å². The minimum atomic E-state index is -0.0119. The standard InChI is InChI=1S/C16H30N2O3/c1-13-5-3-4-6-15(13)21-10-8-17-16(19)18(2)11-14-7-9-20-12-14/h13-15H,3-12H2,1-2H3,(H,17,19)/t13-,14-,15-/m1/s1. The molecule has 2 aliphatic rings. The summed E-state index contributed by atoms with van der Waals surface area (Å²) in [5, 5.41) is 2.93. The summed E-state index contributed by atoms with van der Waals surface area (Å²) >= 11 is 0. The van der Waals surface area contributed by atoms with E-state index in [1.54, 1.807) is 4.90 Å². The highest BCUT2D eigenvalue weighted by Crippen LogP contribution is 2.25. The molecule has 2 fully saturated rings. The van der Waals surface area contributed by atoms with Gasteiger partial charge in [-0.05, 0) is 25.2 Å². The van der Waals surface area contributed by atoms with Crippen molar-refractivity contribution in [2.75, 3.05) is 40.0 Å². The van der Waals surface area contributed by atoms with Gasteiger partial charge < -0.3 is 19.7 Å². The third kappa shape index (κ3) is 5.47. The topological polar surface area (TPSA) is 50.8 Å². The number of carbonyl (C=O) groups excluding carboxylic acids is 1. The van der Waals surface area contributed by atoms with Gasteiger partial charge in [-0.3, -0.25) is 0 Å². The Balaban J connectivity index is 1.55. The van der Waals surface area contributed by atoms with Gasteiger partial charge in [-0.1, -0.05) is 19.8 Å². The van der Waals surface area contributed by atoms with Crippen LogP contribution in [0.25, 0.3) is 0 Å². The molecule has 1 aliphatic carbocycles. The first-order chi connectivity index (χ1) is 10.2. The third-order valence-corrected chi connectivity index (χ3v) is 4.65. The number of hydrogen-bond donors (Lipinski definition) is 1. The molecular formula is C16H30N2O3. The number of nitrogens with zero attached hydrogens (tertiary/aromatic N) is 1. The van der Waals surface area contributed by atoms with E-state index in [9.17, 15) is 4.79 Å². The Bertz CT molecular complexity index is 319. The number of nitrogens with one attached hydrogen (secondary N) is 1. The zero-order valence-electron chi connectivity index (χ0n) is 13.5. The number of amides is 2. The highest BCUT2D eigenvalue weighted by atomic mass is 16.5. The average Bonchev–Trinajstić information content (AvgIpc) is 2.98. The van der Waals surface area contributed by atoms with Crippen LogP contribution in [0.1, 0.15) is 39.0 Å². The van der Waals surface area contributed by atoms with Crippen molar-refractivity contribution in [3.05, 3.63) is 0 Å². The zero-order valence-corrected chi connectivity index (χ0v) is 13.5. The molecule has 0 unspecified atom stereocenters. The van der Waals surface area contributed by atoms with Gasteiger partial charge in [0.05, 0.1) is 19.3 Å². The molecule has 122 valence electrons. The van der Waals surface area contributed by atoms with Gasteiger partial charge in [0.15, 0.2) is 0 Å². The summed E-state index contributed by atoms with van der Waals surface area (Å²) in [6, 6.07) is -0.0119. The van der Waals surface area contributed by atoms with E-state index < -0.39 is 0 Å². The first-order valence-corrected chi connectivity index (χ1v) is 8.35. The average molecular weight is 298 g/mol. The molecular weight excluding hydrogens is 268 g/mol. The Labute approximate surface area is 128 Å². The van der Waals surface area contributed by atoms with Crippen LogP contribution < -0.4 is 5.32 Å². The smallest absolute Gasteiger partial charge is 0.317 e. The predicted molar refractivity (Wildman–Crippen MR) is 82.3 cm³/mol. The van der Waals surface area contributed by atoms with Crippen LogP contribution in [0.5, 0.6) is 0 Å². The van der Waals surface area contributed by atoms with Crippen LogP contribution in [0, 0.1) is 11.8 Å². The molecule has 3 atom stereocenters. The second-order valence-electron chi connectivity index (χ2n) is 6.51. The Kier molecular flexibility index (Phi) is 6.77. The van der Waals surface area contributed by atoms with Crippen molar-refractivity contribution in [3.63, 3.8) is 0 Å². The third-order valence-electron chi connectivity index (χ3n) is 4.65. The molecule has 0 aromatic carbocycles. The normalized spacial score (nSPS) is 29.3. The lowest BCUT2D eigenvalue weighted by Crippen LogP contribution is -2.41. The lowest BCUT2D eigenvalue weighted by Gasteiger charge is -2.29. The van der Waals surface area contributed by atoms with Crippen LogP contribution in [0.3, 0.4) is 0 Å². The molecule has 0 aromatic rings. The van der Waals surface area contributed by atoms with E-state index in [0.29, 0.717) is 31.1 Å². The lowest BCUT2D eigenvalue weighted by atomic mass is 9.88. The van der Waals surface area contributed by atoms with Crippen molar-refractivity contribution in [1.29, 1.82) is 0 Å². The van der Waals surface area contributed by atoms with E-state index >= 15 is 0 Å². The quantitative estimate of drug-likeness (QED) is 0.765. The molecule has 1 saturated heterocycles. The van der Waals surface area contributed by atoms with Crippen molar-refractivity contribution in [2.24, 2.45) is 11.8 Å². The minimum Gasteiger partial charge on any atom is -0.381 e. The first kappa shape index (κ1) is 16.6. The van der Waals surface area contributed by atoms with Crippen molar-refractivity contribution in [3.8, 4) is 0 Å². The molecule has 0 spiro atoms. The second-order valence-corrected chi connectivity index (χ2v) is 6.51. The molecule has 21 heavy (non-hydrogen) atoms. The molecule has 1 N–H and O–H groups in total. The van der Waals surface area contributed by atoms with Gasteiger partial charge in [0.25, 0.3) is 0 Å². The number of urea groups is 1. The van der Waals surface area contributed by atoms with Gasteiger partial charge in [0.1, 0.15) is 0 Å². The Morgan fingerprint density at radius 2 is 2.14 bits per heavy atom. The van der Waals surface area contributed by atoms with Gasteiger partial charge >= 0.3 is 6.03 Å². The van der Waals surface area contributed by atoms with E-state index in [1.165, 1.54) is 19.3 Å². The Hall–Kier alpha value is -0.810. The van der Waals surface area contributed by atoms with Crippen molar-refractivity contribution >= 4 is 6.03 Å². The largest absolute Gasteiger partial charge is 0.381 e. The Morgan fingerprint density at radius 1 is 1.33 bits per heavy atom. The fourth-order valence-electron chi connectivity index (χ4n) is 3.23. The van der Waals surface area contributed by atoms with Crippen molar-refractivity contribution in [2.45, 2.75) is 45.1 Å². The lowest BCUT2D eigenvalue weighted by molar-refractivity contribution is -0.00268. The van der Waals surface area contributed by atoms with E-state index in [0.717, 1.165) is 32.6 Å². The van der Waals surface area contributed by atoms with E-state index in [4.69, 9.17) is 9.47 Å². The molecule has 0 radical (unpaired) electrons. The summed E-state index contributed by atoms with van der Waals surface area (Å²) in [6.07, 6.45) is 6.46. The minimum absolute atomic E-state index is 0.0119. The van der Waals surface area contributed by atoms with Crippen molar-refractivity contribution < 1.29 is 14.3 Å². The van der Waals surface area contributed by atoms with Gasteiger partial charge in [0.2, 0.25) is 0 Å². The number of rotatable bonds is 6. The van der Waals surface area contributed by atoms with Crippen molar-refractivity contribution in [1.82, 2.24) is 10.2 Å². The molecule has 5 heteroatoms. The second kappa shape index (κ2) is 8.59. The van der Waals surface area contributed by atoms with Crippen LogP contribution in [-0.4, -0.2) is 57.0 Å². The maximum atomic E-state index is 12.0. The van der Waals surface area contributed by atoms with Gasteiger partial charge in [-0.15, -0.1) is 0 Å². The highest BCUT2D eigenvalue weighted by Gasteiger charge is 2.22. The summed E-state index contributed by atoms with van der Waals surface area (Å²) in [7, 11) is 1.84. The van der Waals surface area contributed by atoms with E-state index in [-0.39, 0.29) is 6.03 Å². The summed E-state index contributed by atoms with van der Waals surface area (Å²) in [5.74, 6) is 1.14. The van der Waals surface area contributed by atoms with Crippen LogP contribution in [0.15, 0.2) is 0 Å². The van der Waals surface area contributed by atoms with Crippen LogP contribution in [0.4, 0.5) is 4.79 Å². The summed E-state index contributed by atoms with van der Waals surface area (Å²) in [4.78, 5) is 13.7. The van der Waals surface area contributed by atoms with Gasteiger partial charge in [0, 0.05) is 32.7 Å². The van der Waals surface area contributed by atoms with Gasteiger partial charge in [-0.2, -0.15) is 0 Å². The Morgan fingerprint density at radius 3 is 2.86 bits per heavy atom. The number of ether oxygens (including phenoxy) is 2. The van der Waals surface area contributed by atoms with E-state index in [1.807, 2.05) is 7.05 Å². The molecule has 1 heterocycles. The molecule has 0 bridgehead atoms. The molecule has 2 rings (SSSR count). The van der Waals surface area contributed by atoms with E-state index in [2.05, 4.69) is 12.2 Å². The predicted octanol–water partition coefficient (Wildman–Crippen LogP) is 2.26. The maximum absolute atomic E-state index is 12.0. The molecule has 1 aliphatic heterocycles. The monoisotopic (exact) mass is 298 g/mol. The summed E-state index contributed by atoms with van der Waals surface area (Å²) in [5.41, 5.74) is 0. The van der Waals surface area contributed by atoms with Gasteiger partial charge in [-0.25, -0.2) is 4.79 Å². The number of hydrogen-bond acceptors (Lipinski definition) is 3. The highest BCUT2D eigenvalue weighted by molar-refractivity contribution is 5.73. The molecule has 0 aromatic heterocycles. The summed E-state index contributed by atoms with van der Waals surface area (Å²) < 4.78 is 11.2.